The Kier molecular flexibility index (Phi) is 12.0. The largest absolute Gasteiger partial charge is 0.465 e. The number of methoxy groups -OCH3 is 1. The summed E-state index contributed by atoms with van der Waals surface area (Å²) in [5.41, 5.74) is 0. The molecule has 4 atom stereocenters. The third-order valence-electron chi connectivity index (χ3n) is 6.45. The minimum atomic E-state index is -2.41. The SMILES string of the molecule is CCCCCCC=C[C@@H]1[C@H](CCCCC(C)C(O)(O)C(=O)OC)CC[C@H]1CO. The number of unbranched alkanes of at least 4 members (excludes halogenated alkanes) is 5. The zero-order valence-corrected chi connectivity index (χ0v) is 18.1. The van der Waals surface area contributed by atoms with E-state index in [1.807, 2.05) is 0 Å². The van der Waals surface area contributed by atoms with Gasteiger partial charge in [0.1, 0.15) is 0 Å². The lowest BCUT2D eigenvalue weighted by Gasteiger charge is -2.26. The van der Waals surface area contributed by atoms with Crippen molar-refractivity contribution in [3.8, 4) is 0 Å². The molecule has 0 aromatic rings. The van der Waals surface area contributed by atoms with E-state index in [1.165, 1.54) is 25.7 Å². The van der Waals surface area contributed by atoms with E-state index in [2.05, 4.69) is 23.8 Å². The minimum absolute atomic E-state index is 0.259. The van der Waals surface area contributed by atoms with E-state index in [4.69, 9.17) is 0 Å². The fraction of sp³-hybridized carbons (Fsp3) is 0.870. The van der Waals surface area contributed by atoms with Gasteiger partial charge in [0, 0.05) is 12.5 Å². The first-order valence-corrected chi connectivity index (χ1v) is 11.2. The monoisotopic (exact) mass is 398 g/mol. The second-order valence-electron chi connectivity index (χ2n) is 8.54. The Morgan fingerprint density at radius 1 is 1.14 bits per heavy atom. The zero-order valence-electron chi connectivity index (χ0n) is 18.1. The summed E-state index contributed by atoms with van der Waals surface area (Å²) in [6, 6.07) is 0. The smallest absolute Gasteiger partial charge is 0.366 e. The minimum Gasteiger partial charge on any atom is -0.465 e. The summed E-state index contributed by atoms with van der Waals surface area (Å²) in [5.74, 6) is -2.55. The first-order chi connectivity index (χ1) is 13.4. The number of rotatable bonds is 14. The molecule has 5 heteroatoms. The van der Waals surface area contributed by atoms with Crippen LogP contribution in [0.2, 0.25) is 0 Å². The molecule has 1 rings (SSSR count). The van der Waals surface area contributed by atoms with E-state index in [0.717, 1.165) is 45.6 Å². The Labute approximate surface area is 171 Å². The van der Waals surface area contributed by atoms with Crippen molar-refractivity contribution in [2.45, 2.75) is 90.3 Å². The molecule has 5 nitrogen and oxygen atoms in total. The lowest BCUT2D eigenvalue weighted by Crippen LogP contribution is -2.45. The third-order valence-corrected chi connectivity index (χ3v) is 6.45. The summed E-state index contributed by atoms with van der Waals surface area (Å²) in [4.78, 5) is 11.5. The van der Waals surface area contributed by atoms with Gasteiger partial charge in [0.05, 0.1) is 7.11 Å². The fourth-order valence-electron chi connectivity index (χ4n) is 4.41. The predicted molar refractivity (Wildman–Crippen MR) is 112 cm³/mol. The van der Waals surface area contributed by atoms with Crippen LogP contribution in [0.25, 0.3) is 0 Å². The van der Waals surface area contributed by atoms with Gasteiger partial charge < -0.3 is 20.1 Å². The number of aliphatic hydroxyl groups is 3. The van der Waals surface area contributed by atoms with E-state index in [1.54, 1.807) is 6.92 Å². The molecule has 164 valence electrons. The van der Waals surface area contributed by atoms with E-state index in [9.17, 15) is 20.1 Å². The maximum atomic E-state index is 11.5. The van der Waals surface area contributed by atoms with Crippen LogP contribution in [0.4, 0.5) is 0 Å². The molecule has 0 bridgehead atoms. The average Bonchev–Trinajstić information content (AvgIpc) is 3.08. The highest BCUT2D eigenvalue weighted by Crippen LogP contribution is 2.41. The molecule has 3 N–H and O–H groups in total. The second kappa shape index (κ2) is 13.3. The van der Waals surface area contributed by atoms with E-state index in [-0.39, 0.29) is 6.61 Å². The Hall–Kier alpha value is -0.910. The Morgan fingerprint density at radius 2 is 1.86 bits per heavy atom. The van der Waals surface area contributed by atoms with Crippen molar-refractivity contribution in [1.29, 1.82) is 0 Å². The molecule has 1 aliphatic rings. The van der Waals surface area contributed by atoms with Crippen molar-refractivity contribution in [1.82, 2.24) is 0 Å². The van der Waals surface area contributed by atoms with Gasteiger partial charge in [-0.2, -0.15) is 0 Å². The number of carbonyl (C=O) groups excluding carboxylic acids is 1. The van der Waals surface area contributed by atoms with Crippen molar-refractivity contribution < 1.29 is 24.9 Å². The Morgan fingerprint density at radius 3 is 2.50 bits per heavy atom. The van der Waals surface area contributed by atoms with Crippen molar-refractivity contribution >= 4 is 5.97 Å². The van der Waals surface area contributed by atoms with Crippen molar-refractivity contribution in [2.75, 3.05) is 13.7 Å². The van der Waals surface area contributed by atoms with Crippen molar-refractivity contribution in [2.24, 2.45) is 23.7 Å². The summed E-state index contributed by atoms with van der Waals surface area (Å²) in [5, 5.41) is 29.5. The quantitative estimate of drug-likeness (QED) is 0.177. The number of hydrogen-bond acceptors (Lipinski definition) is 5. The summed E-state index contributed by atoms with van der Waals surface area (Å²) in [7, 11) is 1.16. The molecule has 0 aromatic heterocycles. The molecule has 0 saturated heterocycles. The van der Waals surface area contributed by atoms with Crippen LogP contribution in [0.3, 0.4) is 0 Å². The number of hydrogen-bond donors (Lipinski definition) is 3. The van der Waals surface area contributed by atoms with Crippen molar-refractivity contribution in [3.63, 3.8) is 0 Å². The lowest BCUT2D eigenvalue weighted by molar-refractivity contribution is -0.224. The lowest BCUT2D eigenvalue weighted by atomic mass is 9.85. The zero-order chi connectivity index (χ0) is 21.0. The van der Waals surface area contributed by atoms with E-state index in [0.29, 0.717) is 24.2 Å². The molecule has 1 aliphatic carbocycles. The van der Waals surface area contributed by atoms with Gasteiger partial charge >= 0.3 is 5.97 Å². The maximum absolute atomic E-state index is 11.5. The number of carbonyl (C=O) groups is 1. The molecule has 0 amide bonds. The predicted octanol–water partition coefficient (Wildman–Crippen LogP) is 4.20. The normalized spacial score (nSPS) is 24.0. The van der Waals surface area contributed by atoms with Crippen LogP contribution < -0.4 is 0 Å². The summed E-state index contributed by atoms with van der Waals surface area (Å²) in [6.45, 7) is 4.15. The maximum Gasteiger partial charge on any atom is 0.366 e. The molecule has 0 heterocycles. The molecule has 0 aromatic carbocycles. The molecule has 1 fully saturated rings. The van der Waals surface area contributed by atoms with Gasteiger partial charge in [0.25, 0.3) is 5.79 Å². The van der Waals surface area contributed by atoms with Crippen LogP contribution in [0.15, 0.2) is 12.2 Å². The summed E-state index contributed by atoms with van der Waals surface area (Å²) in [6.07, 6.45) is 16.6. The van der Waals surface area contributed by atoms with Crippen molar-refractivity contribution in [3.05, 3.63) is 12.2 Å². The number of allylic oxidation sites excluding steroid dienone is 2. The van der Waals surface area contributed by atoms with Crippen LogP contribution in [0.1, 0.15) is 84.5 Å². The van der Waals surface area contributed by atoms with Gasteiger partial charge in [-0.05, 0) is 56.3 Å². The van der Waals surface area contributed by atoms with E-state index < -0.39 is 17.7 Å². The molecular formula is C23H42O5. The Balaban J connectivity index is 2.40. The van der Waals surface area contributed by atoms with Crippen LogP contribution in [-0.4, -0.2) is 40.8 Å². The molecule has 0 spiro atoms. The summed E-state index contributed by atoms with van der Waals surface area (Å²) < 4.78 is 4.46. The summed E-state index contributed by atoms with van der Waals surface area (Å²) >= 11 is 0. The standard InChI is InChI=1S/C23H42O5/c1-4-5-6-7-8-9-14-21-19(15-16-20(21)17-24)13-11-10-12-18(2)23(26,27)22(25)28-3/h9,14,18-21,24,26-27H,4-8,10-13,15-17H2,1-3H3/t18?,19-,20+,21-/m1/s1. The van der Waals surface area contributed by atoms with Gasteiger partial charge in [-0.25, -0.2) is 4.79 Å². The average molecular weight is 399 g/mol. The molecule has 0 aliphatic heterocycles. The van der Waals surface area contributed by atoms with Gasteiger partial charge in [0.15, 0.2) is 0 Å². The van der Waals surface area contributed by atoms with Gasteiger partial charge in [-0.15, -0.1) is 0 Å². The molecule has 28 heavy (non-hydrogen) atoms. The Bertz CT molecular complexity index is 460. The van der Waals surface area contributed by atoms with Gasteiger partial charge in [-0.1, -0.05) is 58.1 Å². The number of ether oxygens (including phenoxy) is 1. The van der Waals surface area contributed by atoms with Crippen LogP contribution in [0.5, 0.6) is 0 Å². The van der Waals surface area contributed by atoms with E-state index >= 15 is 0 Å². The third kappa shape index (κ3) is 7.84. The first kappa shape index (κ1) is 25.1. The van der Waals surface area contributed by atoms with Crippen LogP contribution in [-0.2, 0) is 9.53 Å². The highest BCUT2D eigenvalue weighted by molar-refractivity contribution is 5.77. The van der Waals surface area contributed by atoms with Gasteiger partial charge in [0.2, 0.25) is 0 Å². The fourth-order valence-corrected chi connectivity index (χ4v) is 4.41. The molecule has 1 saturated carbocycles. The highest BCUT2D eigenvalue weighted by Gasteiger charge is 2.40. The number of esters is 1. The first-order valence-electron chi connectivity index (χ1n) is 11.2. The topological polar surface area (TPSA) is 87.0 Å². The molecular weight excluding hydrogens is 356 g/mol. The van der Waals surface area contributed by atoms with Gasteiger partial charge in [-0.3, -0.25) is 0 Å². The molecule has 0 radical (unpaired) electrons. The van der Waals surface area contributed by atoms with Crippen LogP contribution >= 0.6 is 0 Å². The molecule has 1 unspecified atom stereocenters. The highest BCUT2D eigenvalue weighted by atomic mass is 16.6. The number of aliphatic hydroxyl groups excluding tert-OH is 1. The second-order valence-corrected chi connectivity index (χ2v) is 8.54. The van der Waals surface area contributed by atoms with Crippen LogP contribution in [0, 0.1) is 23.7 Å².